The van der Waals surface area contributed by atoms with E-state index in [2.05, 4.69) is 4.90 Å². The van der Waals surface area contributed by atoms with Crippen molar-refractivity contribution in [1.29, 1.82) is 0 Å². The topological polar surface area (TPSA) is 90.3 Å². The Morgan fingerprint density at radius 2 is 1.77 bits per heavy atom. The number of anilines is 2. The van der Waals surface area contributed by atoms with Gasteiger partial charge in [0.1, 0.15) is 17.3 Å². The number of benzene rings is 3. The van der Waals surface area contributed by atoms with Gasteiger partial charge in [0.25, 0.3) is 5.91 Å². The smallest absolute Gasteiger partial charge is 0.303 e. The zero-order valence-electron chi connectivity index (χ0n) is 22.6. The predicted molar refractivity (Wildman–Crippen MR) is 152 cm³/mol. The van der Waals surface area contributed by atoms with Gasteiger partial charge >= 0.3 is 5.97 Å². The van der Waals surface area contributed by atoms with Crippen molar-refractivity contribution in [1.82, 2.24) is 0 Å². The number of phenols is 1. The van der Waals surface area contributed by atoms with Crippen molar-refractivity contribution in [2.45, 2.75) is 38.0 Å². The Morgan fingerprint density at radius 3 is 2.48 bits per heavy atom. The van der Waals surface area contributed by atoms with E-state index in [4.69, 9.17) is 4.74 Å². The molecular weight excluding hydrogens is 511 g/mol. The van der Waals surface area contributed by atoms with Crippen molar-refractivity contribution in [2.24, 2.45) is 11.8 Å². The van der Waals surface area contributed by atoms with Gasteiger partial charge in [-0.2, -0.15) is 0 Å². The number of carbonyl (C=O) groups is 2. The number of carboxylic acids is 1. The molecule has 1 saturated heterocycles. The number of ether oxygens (including phenoxy) is 1. The summed E-state index contributed by atoms with van der Waals surface area (Å²) in [5, 5.41) is 19.5. The summed E-state index contributed by atoms with van der Waals surface area (Å²) in [5.41, 5.74) is 2.25. The number of halogens is 1. The molecule has 2 N–H and O–H groups in total. The van der Waals surface area contributed by atoms with Crippen molar-refractivity contribution in [2.75, 3.05) is 36.5 Å². The highest BCUT2D eigenvalue weighted by Crippen LogP contribution is 2.45. The van der Waals surface area contributed by atoms with Gasteiger partial charge in [-0.15, -0.1) is 0 Å². The molecule has 3 aromatic carbocycles. The molecule has 0 aromatic heterocycles. The second-order valence-corrected chi connectivity index (χ2v) is 10.9. The molecule has 2 aliphatic rings. The van der Waals surface area contributed by atoms with Crippen molar-refractivity contribution in [3.63, 3.8) is 0 Å². The molecule has 0 radical (unpaired) electrons. The van der Waals surface area contributed by atoms with Gasteiger partial charge in [0.15, 0.2) is 0 Å². The highest BCUT2D eigenvalue weighted by atomic mass is 19.1. The molecule has 2 fully saturated rings. The van der Waals surface area contributed by atoms with Crippen molar-refractivity contribution in [3.05, 3.63) is 83.7 Å². The second-order valence-electron chi connectivity index (χ2n) is 10.9. The van der Waals surface area contributed by atoms with Crippen LogP contribution in [0.2, 0.25) is 0 Å². The van der Waals surface area contributed by atoms with Crippen LogP contribution in [0.15, 0.2) is 66.7 Å². The van der Waals surface area contributed by atoms with Crippen molar-refractivity contribution < 1.29 is 28.9 Å². The van der Waals surface area contributed by atoms with E-state index in [0.717, 1.165) is 37.0 Å². The maximum absolute atomic E-state index is 14.3. The average Bonchev–Trinajstić information content (AvgIpc) is 3.80. The Labute approximate surface area is 233 Å². The van der Waals surface area contributed by atoms with E-state index >= 15 is 0 Å². The Hall–Kier alpha value is -4.07. The number of nitrogens with zero attached hydrogens (tertiary/aromatic N) is 2. The number of aliphatic carboxylic acids is 1. The molecule has 1 saturated carbocycles. The molecule has 5 rings (SSSR count). The standard InChI is InChI=1S/C32H35FN2O5/c1-34(29-8-3-2-7-28(29)33)32(39)26-12-11-24(36)18-30(26)35-15-13-21(14-16-35)20-40-25-6-4-5-23(17-25)27(19-31(37)38)22-9-10-22/h2-8,11-12,17-18,21-22,27,36H,9-10,13-16,19-20H2,1H3,(H,37,38). The van der Waals surface area contributed by atoms with Crippen molar-refractivity contribution in [3.8, 4) is 11.5 Å². The van der Waals surface area contributed by atoms with E-state index in [0.29, 0.717) is 42.8 Å². The van der Waals surface area contributed by atoms with Gasteiger partial charge in [-0.1, -0.05) is 24.3 Å². The fourth-order valence-corrected chi connectivity index (χ4v) is 5.61. The average molecular weight is 547 g/mol. The summed E-state index contributed by atoms with van der Waals surface area (Å²) >= 11 is 0. The first-order valence-corrected chi connectivity index (χ1v) is 13.8. The van der Waals surface area contributed by atoms with E-state index in [9.17, 15) is 24.2 Å². The molecule has 1 aliphatic carbocycles. The number of rotatable bonds is 10. The lowest BCUT2D eigenvalue weighted by Crippen LogP contribution is -2.37. The summed E-state index contributed by atoms with van der Waals surface area (Å²) in [6.45, 7) is 1.92. The first kappa shape index (κ1) is 27.5. The number of carboxylic acid groups (broad SMARTS) is 1. The monoisotopic (exact) mass is 546 g/mol. The predicted octanol–water partition coefficient (Wildman–Crippen LogP) is 6.07. The quantitative estimate of drug-likeness (QED) is 0.321. The summed E-state index contributed by atoms with van der Waals surface area (Å²) < 4.78 is 20.5. The van der Waals surface area contributed by atoms with Crippen LogP contribution < -0.4 is 14.5 Å². The molecule has 40 heavy (non-hydrogen) atoms. The van der Waals surface area contributed by atoms with E-state index in [1.165, 1.54) is 17.0 Å². The molecule has 7 nitrogen and oxygen atoms in total. The lowest BCUT2D eigenvalue weighted by atomic mass is 9.91. The van der Waals surface area contributed by atoms with Gasteiger partial charge in [0, 0.05) is 26.2 Å². The molecule has 210 valence electrons. The Morgan fingerprint density at radius 1 is 1.02 bits per heavy atom. The zero-order chi connectivity index (χ0) is 28.2. The van der Waals surface area contributed by atoms with Crippen LogP contribution in [0.5, 0.6) is 11.5 Å². The lowest BCUT2D eigenvalue weighted by molar-refractivity contribution is -0.137. The van der Waals surface area contributed by atoms with Crippen molar-refractivity contribution >= 4 is 23.3 Å². The number of carbonyl (C=O) groups excluding carboxylic acids is 1. The van der Waals surface area contributed by atoms with Crippen LogP contribution in [0.25, 0.3) is 0 Å². The highest BCUT2D eigenvalue weighted by molar-refractivity contribution is 6.09. The summed E-state index contributed by atoms with van der Waals surface area (Å²) in [5.74, 6) is 0.0112. The number of hydrogen-bond donors (Lipinski definition) is 2. The minimum Gasteiger partial charge on any atom is -0.508 e. The molecular formula is C32H35FN2O5. The molecule has 1 heterocycles. The minimum atomic E-state index is -0.773. The lowest BCUT2D eigenvalue weighted by Gasteiger charge is -2.35. The number of phenolic OH excluding ortho intramolecular Hbond substituents is 1. The molecule has 0 spiro atoms. The Balaban J connectivity index is 1.21. The van der Waals surface area contributed by atoms with Gasteiger partial charge in [-0.05, 0) is 85.4 Å². The molecule has 0 bridgehead atoms. The Kier molecular flexibility index (Phi) is 8.24. The summed E-state index contributed by atoms with van der Waals surface area (Å²) in [7, 11) is 1.55. The largest absolute Gasteiger partial charge is 0.508 e. The molecule has 1 atom stereocenters. The van der Waals surface area contributed by atoms with Crippen LogP contribution in [0.4, 0.5) is 15.8 Å². The third kappa shape index (κ3) is 6.38. The van der Waals surface area contributed by atoms with E-state index in [-0.39, 0.29) is 29.7 Å². The zero-order valence-corrected chi connectivity index (χ0v) is 22.6. The molecule has 1 unspecified atom stereocenters. The molecule has 1 amide bonds. The van der Waals surface area contributed by atoms with Gasteiger partial charge in [-0.25, -0.2) is 4.39 Å². The van der Waals surface area contributed by atoms with Gasteiger partial charge in [0.2, 0.25) is 0 Å². The number of amides is 1. The van der Waals surface area contributed by atoms with E-state index in [1.54, 1.807) is 37.4 Å². The maximum atomic E-state index is 14.3. The summed E-state index contributed by atoms with van der Waals surface area (Å²) in [6.07, 6.45) is 3.98. The summed E-state index contributed by atoms with van der Waals surface area (Å²) in [6, 6.07) is 18.6. The first-order chi connectivity index (χ1) is 19.3. The molecule has 8 heteroatoms. The van der Waals surface area contributed by atoms with Gasteiger partial charge < -0.3 is 24.7 Å². The minimum absolute atomic E-state index is 0.0286. The second kappa shape index (κ2) is 12.0. The SMILES string of the molecule is CN(C(=O)c1ccc(O)cc1N1CCC(COc2cccc(C(CC(=O)O)C3CC3)c2)CC1)c1ccccc1F. The number of hydrogen-bond acceptors (Lipinski definition) is 5. The van der Waals surface area contributed by atoms with E-state index in [1.807, 2.05) is 24.3 Å². The van der Waals surface area contributed by atoms with Crippen LogP contribution in [0.1, 0.15) is 53.9 Å². The Bertz CT molecular complexity index is 1370. The van der Waals surface area contributed by atoms with Crippen LogP contribution in [0.3, 0.4) is 0 Å². The van der Waals surface area contributed by atoms with Crippen LogP contribution in [0, 0.1) is 17.7 Å². The first-order valence-electron chi connectivity index (χ1n) is 13.8. The normalized spacial score (nSPS) is 16.4. The third-order valence-corrected chi connectivity index (χ3v) is 8.04. The van der Waals surface area contributed by atoms with Crippen LogP contribution >= 0.6 is 0 Å². The highest BCUT2D eigenvalue weighted by Gasteiger charge is 2.34. The molecule has 1 aliphatic heterocycles. The number of piperidine rings is 1. The van der Waals surface area contributed by atoms with Gasteiger partial charge in [0.05, 0.1) is 30.0 Å². The molecule has 3 aromatic rings. The fourth-order valence-electron chi connectivity index (χ4n) is 5.61. The number of aromatic hydroxyl groups is 1. The number of para-hydroxylation sites is 1. The van der Waals surface area contributed by atoms with Crippen LogP contribution in [-0.4, -0.2) is 48.8 Å². The van der Waals surface area contributed by atoms with E-state index < -0.39 is 11.8 Å². The third-order valence-electron chi connectivity index (χ3n) is 8.04. The maximum Gasteiger partial charge on any atom is 0.303 e. The summed E-state index contributed by atoms with van der Waals surface area (Å²) in [4.78, 5) is 28.1. The van der Waals surface area contributed by atoms with Crippen LogP contribution in [-0.2, 0) is 4.79 Å². The van der Waals surface area contributed by atoms with Gasteiger partial charge in [-0.3, -0.25) is 9.59 Å². The fraction of sp³-hybridized carbons (Fsp3) is 0.375.